The van der Waals surface area contributed by atoms with Crippen LogP contribution in [0.3, 0.4) is 0 Å². The van der Waals surface area contributed by atoms with Gasteiger partial charge in [0.2, 0.25) is 0 Å². The monoisotopic (exact) mass is 590 g/mol. The van der Waals surface area contributed by atoms with Crippen molar-refractivity contribution in [2.75, 3.05) is 6.54 Å². The number of amides is 2. The number of halogens is 2. The van der Waals surface area contributed by atoms with E-state index in [9.17, 15) is 23.6 Å². The number of ketones is 1. The van der Waals surface area contributed by atoms with Crippen LogP contribution < -0.4 is 10.1 Å². The number of esters is 1. The third-order valence-electron chi connectivity index (χ3n) is 6.39. The highest BCUT2D eigenvalue weighted by Gasteiger charge is 2.48. The van der Waals surface area contributed by atoms with Gasteiger partial charge in [-0.3, -0.25) is 19.3 Å². The van der Waals surface area contributed by atoms with Gasteiger partial charge in [-0.05, 0) is 91.8 Å². The van der Waals surface area contributed by atoms with E-state index < -0.39 is 53.7 Å². The van der Waals surface area contributed by atoms with E-state index in [1.807, 2.05) is 0 Å². The number of nitrogens with one attached hydrogen (secondary N) is 1. The van der Waals surface area contributed by atoms with Gasteiger partial charge in [0.1, 0.15) is 29.3 Å². The Bertz CT molecular complexity index is 1350. The van der Waals surface area contributed by atoms with Crippen molar-refractivity contribution >= 4 is 35.4 Å². The predicted octanol–water partition coefficient (Wildman–Crippen LogP) is 5.88. The number of carbonyl (C=O) groups excluding carboxylic acids is 4. The molecule has 0 saturated carbocycles. The number of hydrogen-bond donors (Lipinski definition) is 1. The summed E-state index contributed by atoms with van der Waals surface area (Å²) in [6.45, 7) is 13.0. The van der Waals surface area contributed by atoms with Crippen LogP contribution in [-0.4, -0.2) is 58.5 Å². The highest BCUT2D eigenvalue weighted by atomic mass is 35.5. The van der Waals surface area contributed by atoms with Crippen molar-refractivity contribution in [3.8, 4) is 5.75 Å². The standard InChI is InChI=1S/C30H36ClFN2O7/c1-16(2)34(28(38)41-29(4,5)6)15-24(36)39-26-25(33-27(37)19-9-11-22(32)21(31)14-19)20-13-18(17(3)35)10-12-23(20)40-30(26,7)8/h9-14,16,25-26H,15H2,1-8H3,(H,33,37)/t25-,26-/m0/s1. The number of Topliss-reactive ketones (excluding diaryl/α,β-unsaturated/α-hetero) is 1. The van der Waals surface area contributed by atoms with Crippen LogP contribution in [0.25, 0.3) is 0 Å². The zero-order valence-corrected chi connectivity index (χ0v) is 25.2. The van der Waals surface area contributed by atoms with Gasteiger partial charge in [-0.25, -0.2) is 9.18 Å². The Morgan fingerprint density at radius 3 is 2.29 bits per heavy atom. The maximum Gasteiger partial charge on any atom is 0.411 e. The van der Waals surface area contributed by atoms with Gasteiger partial charge in [0, 0.05) is 22.7 Å². The van der Waals surface area contributed by atoms with Gasteiger partial charge in [-0.15, -0.1) is 0 Å². The Balaban J connectivity index is 1.99. The van der Waals surface area contributed by atoms with E-state index in [2.05, 4.69) is 5.32 Å². The molecule has 2 aromatic carbocycles. The molecule has 0 saturated heterocycles. The molecule has 2 aromatic rings. The van der Waals surface area contributed by atoms with Crippen LogP contribution in [0.4, 0.5) is 9.18 Å². The van der Waals surface area contributed by atoms with Crippen LogP contribution in [0.15, 0.2) is 36.4 Å². The summed E-state index contributed by atoms with van der Waals surface area (Å²) in [5.74, 6) is -1.90. The molecule has 0 unspecified atom stereocenters. The minimum absolute atomic E-state index is 0.0750. The van der Waals surface area contributed by atoms with Crippen molar-refractivity contribution in [1.29, 1.82) is 0 Å². The van der Waals surface area contributed by atoms with Crippen molar-refractivity contribution in [2.24, 2.45) is 0 Å². The third-order valence-corrected chi connectivity index (χ3v) is 6.68. The minimum Gasteiger partial charge on any atom is -0.484 e. The Morgan fingerprint density at radius 1 is 1.10 bits per heavy atom. The second kappa shape index (κ2) is 12.1. The molecule has 3 rings (SSSR count). The lowest BCUT2D eigenvalue weighted by atomic mass is 9.85. The molecule has 0 fully saturated rings. The average Bonchev–Trinajstić information content (AvgIpc) is 2.84. The molecule has 1 N–H and O–H groups in total. The van der Waals surface area contributed by atoms with E-state index in [-0.39, 0.29) is 22.4 Å². The molecular weight excluding hydrogens is 555 g/mol. The Labute approximate surface area is 244 Å². The molecule has 41 heavy (non-hydrogen) atoms. The van der Waals surface area contributed by atoms with Crippen molar-refractivity contribution in [2.45, 2.75) is 84.8 Å². The first-order valence-corrected chi connectivity index (χ1v) is 13.6. The fourth-order valence-electron chi connectivity index (χ4n) is 4.33. The first-order chi connectivity index (χ1) is 18.9. The zero-order chi connectivity index (χ0) is 30.9. The average molecular weight is 591 g/mol. The summed E-state index contributed by atoms with van der Waals surface area (Å²) < 4.78 is 31.3. The van der Waals surface area contributed by atoms with Crippen LogP contribution in [0, 0.1) is 5.82 Å². The maximum atomic E-state index is 13.7. The molecule has 11 heteroatoms. The summed E-state index contributed by atoms with van der Waals surface area (Å²) in [5.41, 5.74) is -1.09. The molecule has 1 heterocycles. The Morgan fingerprint density at radius 2 is 1.73 bits per heavy atom. The topological polar surface area (TPSA) is 111 Å². The van der Waals surface area contributed by atoms with Gasteiger partial charge in [0.05, 0.1) is 11.1 Å². The summed E-state index contributed by atoms with van der Waals surface area (Å²) in [6.07, 6.45) is -1.78. The molecule has 1 aliphatic heterocycles. The molecule has 2 atom stereocenters. The summed E-state index contributed by atoms with van der Waals surface area (Å²) in [4.78, 5) is 52.8. The second-order valence-electron chi connectivity index (χ2n) is 11.7. The number of benzene rings is 2. The molecular formula is C30H36ClFN2O7. The van der Waals surface area contributed by atoms with E-state index in [1.54, 1.807) is 66.7 Å². The van der Waals surface area contributed by atoms with Crippen molar-refractivity contribution < 1.29 is 37.8 Å². The predicted molar refractivity (Wildman–Crippen MR) is 151 cm³/mol. The number of fused-ring (bicyclic) bond motifs is 1. The first kappa shape index (κ1) is 31.9. The van der Waals surface area contributed by atoms with Gasteiger partial charge < -0.3 is 19.5 Å². The van der Waals surface area contributed by atoms with Crippen LogP contribution in [-0.2, 0) is 14.3 Å². The molecule has 0 aliphatic carbocycles. The Hall–Kier alpha value is -3.66. The molecule has 0 bridgehead atoms. The van der Waals surface area contributed by atoms with Gasteiger partial charge in [-0.2, -0.15) is 0 Å². The molecule has 0 aromatic heterocycles. The molecule has 222 valence electrons. The quantitative estimate of drug-likeness (QED) is 0.316. The minimum atomic E-state index is -1.16. The van der Waals surface area contributed by atoms with Crippen molar-refractivity contribution in [3.05, 3.63) is 63.9 Å². The highest BCUT2D eigenvalue weighted by molar-refractivity contribution is 6.31. The lowest BCUT2D eigenvalue weighted by molar-refractivity contribution is -0.166. The number of nitrogens with zero attached hydrogens (tertiary/aromatic N) is 1. The van der Waals surface area contributed by atoms with E-state index in [0.29, 0.717) is 16.9 Å². The van der Waals surface area contributed by atoms with E-state index >= 15 is 0 Å². The molecule has 9 nitrogen and oxygen atoms in total. The largest absolute Gasteiger partial charge is 0.484 e. The number of rotatable bonds is 7. The van der Waals surface area contributed by atoms with E-state index in [4.69, 9.17) is 25.8 Å². The van der Waals surface area contributed by atoms with Gasteiger partial charge in [-0.1, -0.05) is 11.6 Å². The van der Waals surface area contributed by atoms with E-state index in [1.165, 1.54) is 24.0 Å². The van der Waals surface area contributed by atoms with Crippen LogP contribution in [0.2, 0.25) is 5.02 Å². The van der Waals surface area contributed by atoms with E-state index in [0.717, 1.165) is 6.07 Å². The SMILES string of the molecule is CC(=O)c1ccc2c(c1)[C@H](NC(=O)c1ccc(F)c(Cl)c1)[C@H](OC(=O)CN(C(=O)OC(C)(C)C)C(C)C)C(C)(C)O2. The third kappa shape index (κ3) is 7.75. The normalized spacial score (nSPS) is 17.6. The number of carbonyl (C=O) groups is 4. The van der Waals surface area contributed by atoms with Crippen LogP contribution in [0.5, 0.6) is 5.75 Å². The smallest absolute Gasteiger partial charge is 0.411 e. The lowest BCUT2D eigenvalue weighted by Gasteiger charge is -2.44. The highest BCUT2D eigenvalue weighted by Crippen LogP contribution is 2.42. The summed E-state index contributed by atoms with van der Waals surface area (Å²) >= 11 is 5.90. The van der Waals surface area contributed by atoms with Crippen molar-refractivity contribution in [1.82, 2.24) is 10.2 Å². The molecule has 0 radical (unpaired) electrons. The second-order valence-corrected chi connectivity index (χ2v) is 12.1. The lowest BCUT2D eigenvalue weighted by Crippen LogP contribution is -2.56. The summed E-state index contributed by atoms with van der Waals surface area (Å²) in [7, 11) is 0. The zero-order valence-electron chi connectivity index (χ0n) is 24.5. The summed E-state index contributed by atoms with van der Waals surface area (Å²) in [6, 6.07) is 6.95. The fourth-order valence-corrected chi connectivity index (χ4v) is 4.51. The van der Waals surface area contributed by atoms with Crippen molar-refractivity contribution in [3.63, 3.8) is 0 Å². The Kier molecular flexibility index (Phi) is 9.37. The van der Waals surface area contributed by atoms with Crippen LogP contribution in [0.1, 0.15) is 87.7 Å². The fraction of sp³-hybridized carbons (Fsp3) is 0.467. The van der Waals surface area contributed by atoms with Gasteiger partial charge >= 0.3 is 12.1 Å². The maximum absolute atomic E-state index is 13.7. The van der Waals surface area contributed by atoms with Crippen LogP contribution >= 0.6 is 11.6 Å². The summed E-state index contributed by atoms with van der Waals surface area (Å²) in [5, 5.41) is 2.62. The molecule has 2 amide bonds. The molecule has 1 aliphatic rings. The molecule has 0 spiro atoms. The number of ether oxygens (including phenoxy) is 3. The van der Waals surface area contributed by atoms with Gasteiger partial charge in [0.15, 0.2) is 11.9 Å². The number of hydrogen-bond acceptors (Lipinski definition) is 7. The van der Waals surface area contributed by atoms with Gasteiger partial charge in [0.25, 0.3) is 5.91 Å². The first-order valence-electron chi connectivity index (χ1n) is 13.2.